The van der Waals surface area contributed by atoms with E-state index in [0.717, 1.165) is 13.1 Å². The first-order valence-corrected chi connectivity index (χ1v) is 10.6. The molecule has 25 heavy (non-hydrogen) atoms. The molecule has 0 aliphatic carbocycles. The lowest BCUT2D eigenvalue weighted by molar-refractivity contribution is -0.131. The van der Waals surface area contributed by atoms with Crippen LogP contribution in [0.5, 0.6) is 0 Å². The van der Waals surface area contributed by atoms with E-state index in [0.29, 0.717) is 19.6 Å². The molecule has 1 saturated heterocycles. The van der Waals surface area contributed by atoms with Crippen LogP contribution in [0.25, 0.3) is 0 Å². The lowest BCUT2D eigenvalue weighted by Gasteiger charge is -2.37. The zero-order valence-corrected chi connectivity index (χ0v) is 16.4. The second-order valence-corrected chi connectivity index (χ2v) is 9.14. The number of hydrogen-bond acceptors (Lipinski definition) is 4. The van der Waals surface area contributed by atoms with E-state index in [1.54, 1.807) is 4.90 Å². The number of hydrogen-bond donors (Lipinski definition) is 0. The minimum absolute atomic E-state index is 0.0680. The third kappa shape index (κ3) is 5.71. The van der Waals surface area contributed by atoms with Crippen LogP contribution >= 0.6 is 0 Å². The minimum atomic E-state index is -3.38. The van der Waals surface area contributed by atoms with Gasteiger partial charge in [-0.3, -0.25) is 4.79 Å². The van der Waals surface area contributed by atoms with Crippen LogP contribution in [-0.2, 0) is 14.8 Å². The summed E-state index contributed by atoms with van der Waals surface area (Å²) in [5.41, 5.74) is 2.39. The van der Waals surface area contributed by atoms with Crippen LogP contribution in [0.4, 0.5) is 5.69 Å². The second kappa shape index (κ2) is 8.19. The predicted octanol–water partition coefficient (Wildman–Crippen LogP) is 1.56. The van der Waals surface area contributed by atoms with Crippen LogP contribution in [0.15, 0.2) is 24.3 Å². The molecule has 0 bridgehead atoms. The van der Waals surface area contributed by atoms with E-state index < -0.39 is 10.0 Å². The summed E-state index contributed by atoms with van der Waals surface area (Å²) < 4.78 is 25.1. The summed E-state index contributed by atoms with van der Waals surface area (Å²) in [5.74, 6) is 0.0654. The van der Waals surface area contributed by atoms with Crippen molar-refractivity contribution in [1.82, 2.24) is 9.21 Å². The van der Waals surface area contributed by atoms with Gasteiger partial charge < -0.3 is 9.80 Å². The van der Waals surface area contributed by atoms with Crippen molar-refractivity contribution in [3.63, 3.8) is 0 Å². The van der Waals surface area contributed by atoms with E-state index in [-0.39, 0.29) is 18.4 Å². The van der Waals surface area contributed by atoms with Crippen molar-refractivity contribution in [3.8, 4) is 0 Å². The van der Waals surface area contributed by atoms with Gasteiger partial charge in [-0.15, -0.1) is 0 Å². The quantitative estimate of drug-likeness (QED) is 0.766. The fraction of sp³-hybridized carbons (Fsp3) is 0.611. The number of benzene rings is 1. The summed E-state index contributed by atoms with van der Waals surface area (Å²) in [7, 11) is -3.38. The molecule has 1 heterocycles. The van der Waals surface area contributed by atoms with Crippen LogP contribution in [0.2, 0.25) is 0 Å². The minimum Gasteiger partial charge on any atom is -0.368 e. The maximum absolute atomic E-state index is 12.5. The fourth-order valence-electron chi connectivity index (χ4n) is 3.01. The van der Waals surface area contributed by atoms with Gasteiger partial charge in [-0.1, -0.05) is 26.0 Å². The van der Waals surface area contributed by atoms with Crippen LogP contribution in [-0.4, -0.2) is 69.1 Å². The molecule has 1 aromatic carbocycles. The number of aryl methyl sites for hydroxylation is 1. The molecule has 1 amide bonds. The maximum Gasteiger partial charge on any atom is 0.238 e. The Labute approximate surface area is 151 Å². The lowest BCUT2D eigenvalue weighted by Crippen LogP contribution is -2.52. The van der Waals surface area contributed by atoms with Crippen molar-refractivity contribution in [3.05, 3.63) is 29.8 Å². The number of amides is 1. The van der Waals surface area contributed by atoms with Crippen molar-refractivity contribution < 1.29 is 13.2 Å². The maximum atomic E-state index is 12.5. The smallest absolute Gasteiger partial charge is 0.238 e. The molecule has 1 aliphatic rings. The van der Waals surface area contributed by atoms with Crippen LogP contribution in [0.1, 0.15) is 19.4 Å². The molecule has 140 valence electrons. The zero-order chi connectivity index (χ0) is 18.6. The Bertz CT molecular complexity index is 695. The molecule has 1 fully saturated rings. The molecule has 0 unspecified atom stereocenters. The molecular weight excluding hydrogens is 338 g/mol. The van der Waals surface area contributed by atoms with Gasteiger partial charge in [-0.25, -0.2) is 8.42 Å². The standard InChI is InChI=1S/C18H29N3O3S/c1-15(2)13-21(25(4,23)24)14-18(22)20-10-8-19(9-11-20)17-7-5-6-16(3)12-17/h5-7,12,15H,8-11,13-14H2,1-4H3. The number of anilines is 1. The molecule has 1 aliphatic heterocycles. The van der Waals surface area contributed by atoms with Gasteiger partial charge in [0, 0.05) is 38.4 Å². The number of sulfonamides is 1. The number of nitrogens with zero attached hydrogens (tertiary/aromatic N) is 3. The second-order valence-electron chi connectivity index (χ2n) is 7.16. The van der Waals surface area contributed by atoms with E-state index in [1.165, 1.54) is 21.8 Å². The third-order valence-electron chi connectivity index (χ3n) is 4.35. The summed E-state index contributed by atoms with van der Waals surface area (Å²) in [6.45, 7) is 9.02. The summed E-state index contributed by atoms with van der Waals surface area (Å²) >= 11 is 0. The molecule has 0 aromatic heterocycles. The van der Waals surface area contributed by atoms with Gasteiger partial charge >= 0.3 is 0 Å². The van der Waals surface area contributed by atoms with E-state index in [2.05, 4.69) is 30.0 Å². The Morgan fingerprint density at radius 1 is 1.20 bits per heavy atom. The van der Waals surface area contributed by atoms with E-state index in [4.69, 9.17) is 0 Å². The lowest BCUT2D eigenvalue weighted by atomic mass is 10.2. The van der Waals surface area contributed by atoms with E-state index in [9.17, 15) is 13.2 Å². The van der Waals surface area contributed by atoms with Gasteiger partial charge in [-0.2, -0.15) is 4.31 Å². The number of rotatable bonds is 6. The molecule has 1 aromatic rings. The normalized spacial score (nSPS) is 15.9. The van der Waals surface area contributed by atoms with Gasteiger partial charge in [-0.05, 0) is 30.5 Å². The molecule has 0 saturated carbocycles. The highest BCUT2D eigenvalue weighted by Gasteiger charge is 2.26. The monoisotopic (exact) mass is 367 g/mol. The molecule has 2 rings (SSSR count). The molecule has 6 nitrogen and oxygen atoms in total. The highest BCUT2D eigenvalue weighted by Crippen LogP contribution is 2.18. The number of carbonyl (C=O) groups is 1. The number of carbonyl (C=O) groups excluding carboxylic acids is 1. The summed E-state index contributed by atoms with van der Waals surface area (Å²) in [6, 6.07) is 8.33. The van der Waals surface area contributed by atoms with E-state index >= 15 is 0 Å². The van der Waals surface area contributed by atoms with Gasteiger partial charge in [0.25, 0.3) is 0 Å². The Morgan fingerprint density at radius 2 is 1.84 bits per heavy atom. The first-order valence-electron chi connectivity index (χ1n) is 8.71. The van der Waals surface area contributed by atoms with Crippen molar-refractivity contribution in [2.24, 2.45) is 5.92 Å². The van der Waals surface area contributed by atoms with Crippen molar-refractivity contribution in [2.45, 2.75) is 20.8 Å². The van der Waals surface area contributed by atoms with Gasteiger partial charge in [0.2, 0.25) is 15.9 Å². The topological polar surface area (TPSA) is 60.9 Å². The van der Waals surface area contributed by atoms with Crippen LogP contribution < -0.4 is 4.90 Å². The zero-order valence-electron chi connectivity index (χ0n) is 15.6. The summed E-state index contributed by atoms with van der Waals surface area (Å²) in [4.78, 5) is 16.6. The first-order chi connectivity index (χ1) is 11.7. The van der Waals surface area contributed by atoms with Crippen LogP contribution in [0.3, 0.4) is 0 Å². The molecule has 7 heteroatoms. The summed E-state index contributed by atoms with van der Waals surface area (Å²) in [5, 5.41) is 0. The molecule has 0 spiro atoms. The van der Waals surface area contributed by atoms with Crippen LogP contribution in [0, 0.1) is 12.8 Å². The largest absolute Gasteiger partial charge is 0.368 e. The SMILES string of the molecule is Cc1cccc(N2CCN(C(=O)CN(CC(C)C)S(C)(=O)=O)CC2)c1. The van der Waals surface area contributed by atoms with Crippen molar-refractivity contribution in [2.75, 3.05) is 50.4 Å². The molecule has 0 radical (unpaired) electrons. The Morgan fingerprint density at radius 3 is 2.36 bits per heavy atom. The molecule has 0 N–H and O–H groups in total. The third-order valence-corrected chi connectivity index (χ3v) is 5.56. The Balaban J connectivity index is 1.94. The molecular formula is C18H29N3O3S. The van der Waals surface area contributed by atoms with Crippen molar-refractivity contribution >= 4 is 21.6 Å². The first kappa shape index (κ1) is 19.7. The highest BCUT2D eigenvalue weighted by molar-refractivity contribution is 7.88. The highest BCUT2D eigenvalue weighted by atomic mass is 32.2. The van der Waals surface area contributed by atoms with Gasteiger partial charge in [0.1, 0.15) is 0 Å². The molecule has 0 atom stereocenters. The fourth-order valence-corrected chi connectivity index (χ4v) is 3.93. The average molecular weight is 368 g/mol. The van der Waals surface area contributed by atoms with Crippen molar-refractivity contribution in [1.29, 1.82) is 0 Å². The average Bonchev–Trinajstić information content (AvgIpc) is 2.53. The van der Waals surface area contributed by atoms with Gasteiger partial charge in [0.15, 0.2) is 0 Å². The van der Waals surface area contributed by atoms with E-state index in [1.807, 2.05) is 19.9 Å². The number of piperazine rings is 1. The van der Waals surface area contributed by atoms with Gasteiger partial charge in [0.05, 0.1) is 12.8 Å². The Hall–Kier alpha value is -1.60. The Kier molecular flexibility index (Phi) is 6.46. The predicted molar refractivity (Wildman–Crippen MR) is 101 cm³/mol. The summed E-state index contributed by atoms with van der Waals surface area (Å²) in [6.07, 6.45) is 1.17.